The number of Topliss-reactive ketones (excluding diaryl/α,β-unsaturated/α-hetero) is 1. The number of ketones is 1. The van der Waals surface area contributed by atoms with E-state index in [4.69, 9.17) is 0 Å². The average molecular weight is 427 g/mol. The Balaban J connectivity index is 1.72. The molecule has 0 amide bonds. The smallest absolute Gasteiger partial charge is 0.303 e. The Bertz CT molecular complexity index is 897. The van der Waals surface area contributed by atoms with Gasteiger partial charge in [0.1, 0.15) is 5.78 Å². The highest BCUT2D eigenvalue weighted by Crippen LogP contribution is 2.28. The van der Waals surface area contributed by atoms with Crippen molar-refractivity contribution in [2.45, 2.75) is 70.6 Å². The topological polar surface area (TPSA) is 110 Å². The molecule has 31 heavy (non-hydrogen) atoms. The minimum Gasteiger partial charge on any atom is -0.481 e. The molecule has 0 fully saturated rings. The number of hydrogen-bond acceptors (Lipinski definition) is 5. The first-order chi connectivity index (χ1) is 14.8. The third-order valence-corrected chi connectivity index (χ3v) is 5.31. The first kappa shape index (κ1) is 24.2. The Morgan fingerprint density at radius 3 is 2.52 bits per heavy atom. The van der Waals surface area contributed by atoms with Crippen LogP contribution in [0.1, 0.15) is 74.1 Å². The normalized spacial score (nSPS) is 11.8. The van der Waals surface area contributed by atoms with Crippen molar-refractivity contribution in [3.63, 3.8) is 0 Å². The van der Waals surface area contributed by atoms with E-state index in [1.165, 1.54) is 23.8 Å². The molecule has 1 atom stereocenters. The summed E-state index contributed by atoms with van der Waals surface area (Å²) in [7, 11) is 0. The number of carbonyl (C=O) groups excluding carboxylic acids is 1. The van der Waals surface area contributed by atoms with E-state index in [9.17, 15) is 24.8 Å². The summed E-state index contributed by atoms with van der Waals surface area (Å²) < 4.78 is 0. The molecule has 7 nitrogen and oxygen atoms in total. The quantitative estimate of drug-likeness (QED) is 0.246. The van der Waals surface area contributed by atoms with Gasteiger partial charge in [0.25, 0.3) is 5.69 Å². The van der Waals surface area contributed by atoms with Gasteiger partial charge in [-0.3, -0.25) is 24.7 Å². The summed E-state index contributed by atoms with van der Waals surface area (Å²) >= 11 is 0. The van der Waals surface area contributed by atoms with Crippen molar-refractivity contribution in [1.29, 1.82) is 0 Å². The van der Waals surface area contributed by atoms with Crippen molar-refractivity contribution >= 4 is 17.4 Å². The molecule has 166 valence electrons. The van der Waals surface area contributed by atoms with Gasteiger partial charge in [0.2, 0.25) is 0 Å². The number of benzene rings is 1. The molecule has 0 aliphatic heterocycles. The number of aromatic nitrogens is 1. The summed E-state index contributed by atoms with van der Waals surface area (Å²) in [6, 6.07) is 9.99. The van der Waals surface area contributed by atoms with Crippen LogP contribution < -0.4 is 0 Å². The Kier molecular flexibility index (Phi) is 9.81. The minimum absolute atomic E-state index is 0.00159. The van der Waals surface area contributed by atoms with Crippen LogP contribution in [0.25, 0.3) is 0 Å². The number of rotatable bonds is 14. The maximum atomic E-state index is 12.4. The van der Waals surface area contributed by atoms with Crippen LogP contribution in [0.2, 0.25) is 0 Å². The van der Waals surface area contributed by atoms with Gasteiger partial charge in [-0.1, -0.05) is 31.4 Å². The van der Waals surface area contributed by atoms with Crippen molar-refractivity contribution < 1.29 is 19.6 Å². The predicted molar refractivity (Wildman–Crippen MR) is 118 cm³/mol. The van der Waals surface area contributed by atoms with Crippen LogP contribution >= 0.6 is 0 Å². The molecule has 0 radical (unpaired) electrons. The average Bonchev–Trinajstić information content (AvgIpc) is 2.72. The van der Waals surface area contributed by atoms with Crippen LogP contribution in [0.5, 0.6) is 0 Å². The molecule has 1 unspecified atom stereocenters. The van der Waals surface area contributed by atoms with Crippen molar-refractivity contribution in [2.75, 3.05) is 0 Å². The van der Waals surface area contributed by atoms with Crippen molar-refractivity contribution in [2.24, 2.45) is 0 Å². The van der Waals surface area contributed by atoms with Crippen LogP contribution in [-0.4, -0.2) is 26.8 Å². The molecule has 1 aromatic carbocycles. The predicted octanol–water partition coefficient (Wildman–Crippen LogP) is 5.40. The second-order valence-corrected chi connectivity index (χ2v) is 7.98. The summed E-state index contributed by atoms with van der Waals surface area (Å²) in [4.78, 5) is 38.4. The van der Waals surface area contributed by atoms with Crippen LogP contribution in [0, 0.1) is 17.0 Å². The number of carboxylic acid groups (broad SMARTS) is 1. The van der Waals surface area contributed by atoms with Gasteiger partial charge in [-0.2, -0.15) is 0 Å². The lowest BCUT2D eigenvalue weighted by Crippen LogP contribution is -2.12. The van der Waals surface area contributed by atoms with Gasteiger partial charge in [-0.25, -0.2) is 0 Å². The van der Waals surface area contributed by atoms with Gasteiger partial charge in [0, 0.05) is 42.8 Å². The van der Waals surface area contributed by atoms with Crippen LogP contribution in [0.4, 0.5) is 5.69 Å². The first-order valence-electron chi connectivity index (χ1n) is 10.7. The highest BCUT2D eigenvalue weighted by atomic mass is 16.6. The molecule has 0 aliphatic rings. The van der Waals surface area contributed by atoms with E-state index in [0.717, 1.165) is 44.2 Å². The van der Waals surface area contributed by atoms with Crippen molar-refractivity contribution in [3.8, 4) is 0 Å². The highest BCUT2D eigenvalue weighted by Gasteiger charge is 2.21. The Morgan fingerprint density at radius 2 is 1.81 bits per heavy atom. The van der Waals surface area contributed by atoms with Crippen molar-refractivity contribution in [3.05, 3.63) is 69.5 Å². The fourth-order valence-electron chi connectivity index (χ4n) is 3.68. The van der Waals surface area contributed by atoms with E-state index in [1.54, 1.807) is 6.07 Å². The lowest BCUT2D eigenvalue weighted by atomic mass is 9.89. The molecule has 7 heteroatoms. The minimum atomic E-state index is -1.02. The number of carbonyl (C=O) groups is 2. The lowest BCUT2D eigenvalue weighted by Gasteiger charge is -2.14. The third kappa shape index (κ3) is 9.07. The van der Waals surface area contributed by atoms with Crippen LogP contribution in [-0.2, 0) is 16.0 Å². The summed E-state index contributed by atoms with van der Waals surface area (Å²) in [5.74, 6) is -1.57. The Hall–Kier alpha value is -3.09. The second kappa shape index (κ2) is 12.6. The summed E-state index contributed by atoms with van der Waals surface area (Å²) in [6.07, 6.45) is 7.99. The molecule has 1 heterocycles. The molecule has 1 N–H and O–H groups in total. The zero-order valence-corrected chi connectivity index (χ0v) is 18.0. The number of unbranched alkanes of at least 4 members (excludes halogenated alkanes) is 4. The zero-order chi connectivity index (χ0) is 22.6. The van der Waals surface area contributed by atoms with Gasteiger partial charge in [-0.05, 0) is 49.4 Å². The molecular formula is C24H30N2O5. The molecule has 0 saturated heterocycles. The Morgan fingerprint density at radius 1 is 1.06 bits per heavy atom. The number of nitrogens with zero attached hydrogens (tertiary/aromatic N) is 2. The van der Waals surface area contributed by atoms with E-state index in [2.05, 4.69) is 18.0 Å². The first-order valence-corrected chi connectivity index (χ1v) is 10.7. The molecule has 2 aromatic rings. The number of pyridine rings is 1. The van der Waals surface area contributed by atoms with E-state index in [-0.39, 0.29) is 24.3 Å². The maximum absolute atomic E-state index is 12.4. The number of hydrogen-bond donors (Lipinski definition) is 1. The zero-order valence-electron chi connectivity index (χ0n) is 18.0. The summed E-state index contributed by atoms with van der Waals surface area (Å²) in [6.45, 7) is 2.06. The molecule has 2 rings (SSSR count). The molecule has 0 bridgehead atoms. The maximum Gasteiger partial charge on any atom is 0.303 e. The molecule has 1 aromatic heterocycles. The molecule has 0 aliphatic carbocycles. The summed E-state index contributed by atoms with van der Waals surface area (Å²) in [5.41, 5.74) is 2.76. The van der Waals surface area contributed by atoms with Gasteiger partial charge < -0.3 is 5.11 Å². The second-order valence-electron chi connectivity index (χ2n) is 7.98. The number of nitro groups is 1. The number of carboxylic acids is 1. The van der Waals surface area contributed by atoms with Gasteiger partial charge in [0.15, 0.2) is 0 Å². The van der Waals surface area contributed by atoms with E-state index in [1.807, 2.05) is 12.3 Å². The number of nitro benzene ring substituents is 1. The van der Waals surface area contributed by atoms with Crippen molar-refractivity contribution in [1.82, 2.24) is 4.98 Å². The van der Waals surface area contributed by atoms with Crippen LogP contribution in [0.3, 0.4) is 0 Å². The fraction of sp³-hybridized carbons (Fsp3) is 0.458. The SMILES string of the molecule is Cc1ccnc(CCCCCCCC(=O)CC(CC(=O)O)c2cccc([N+](=O)[O-])c2)c1. The number of non-ortho nitro benzene ring substituents is 1. The van der Waals surface area contributed by atoms with Crippen LogP contribution in [0.15, 0.2) is 42.6 Å². The summed E-state index contributed by atoms with van der Waals surface area (Å²) in [5, 5.41) is 20.2. The largest absolute Gasteiger partial charge is 0.481 e. The third-order valence-electron chi connectivity index (χ3n) is 5.31. The number of aryl methyl sites for hydroxylation is 2. The monoisotopic (exact) mass is 426 g/mol. The van der Waals surface area contributed by atoms with Gasteiger partial charge >= 0.3 is 5.97 Å². The number of aliphatic carboxylic acids is 1. The van der Waals surface area contributed by atoms with E-state index < -0.39 is 16.8 Å². The molecule has 0 saturated carbocycles. The fourth-order valence-corrected chi connectivity index (χ4v) is 3.68. The van der Waals surface area contributed by atoms with E-state index >= 15 is 0 Å². The highest BCUT2D eigenvalue weighted by molar-refractivity contribution is 5.80. The Labute approximate surface area is 182 Å². The van der Waals surface area contributed by atoms with E-state index in [0.29, 0.717) is 12.0 Å². The lowest BCUT2D eigenvalue weighted by molar-refractivity contribution is -0.384. The molecule has 0 spiro atoms. The van der Waals surface area contributed by atoms with Gasteiger partial charge in [0.05, 0.1) is 11.3 Å². The molecular weight excluding hydrogens is 396 g/mol. The van der Waals surface area contributed by atoms with Gasteiger partial charge in [-0.15, -0.1) is 0 Å². The standard InChI is InChI=1S/C24H30N2O5/c1-18-12-13-25-21(14-18)9-5-3-2-4-6-11-23(27)16-20(17-24(28)29)19-8-7-10-22(15-19)26(30)31/h7-8,10,12-15,20H,2-6,9,11,16-17H2,1H3,(H,28,29).